The first kappa shape index (κ1) is 18.3. The van der Waals surface area contributed by atoms with Gasteiger partial charge in [-0.25, -0.2) is 4.79 Å². The molecule has 0 spiro atoms. The first-order valence-corrected chi connectivity index (χ1v) is 5.46. The van der Waals surface area contributed by atoms with E-state index in [0.717, 1.165) is 0 Å². The molecule has 1 atom stereocenters. The molecule has 0 saturated heterocycles. The molecule has 1 unspecified atom stereocenters. The third-order valence-corrected chi connectivity index (χ3v) is 3.15. The molecule has 0 aliphatic rings. The Balaban J connectivity index is 5.42. The minimum absolute atomic E-state index is 0.829. The number of esters is 1. The van der Waals surface area contributed by atoms with Crippen LogP contribution in [-0.4, -0.2) is 29.3 Å². The van der Waals surface area contributed by atoms with E-state index in [2.05, 4.69) is 16.3 Å². The van der Waals surface area contributed by atoms with E-state index in [4.69, 9.17) is 0 Å². The molecule has 0 radical (unpaired) electrons. The number of halogens is 7. The molecule has 0 aromatic heterocycles. The van der Waals surface area contributed by atoms with Crippen molar-refractivity contribution in [2.24, 2.45) is 5.41 Å². The number of carbonyl (C=O) groups excluding carboxylic acids is 1. The Morgan fingerprint density at radius 2 is 1.32 bits per heavy atom. The summed E-state index contributed by atoms with van der Waals surface area (Å²) in [6.07, 6.45) is -13.2. The van der Waals surface area contributed by atoms with Gasteiger partial charge in [-0.1, -0.05) is 32.4 Å². The van der Waals surface area contributed by atoms with Crippen molar-refractivity contribution in [2.75, 3.05) is 0 Å². The maximum Gasteiger partial charge on any atom is 0.427 e. The summed E-state index contributed by atoms with van der Waals surface area (Å²) < 4.78 is 78.9. The molecule has 0 aromatic rings. The summed E-state index contributed by atoms with van der Waals surface area (Å²) in [4.78, 5) is 6.17. The summed E-state index contributed by atoms with van der Waals surface area (Å²) >= 11 is 4.51. The van der Waals surface area contributed by atoms with Crippen molar-refractivity contribution in [3.8, 4) is 0 Å². The number of carbonyl (C=O) groups is 1. The number of hydrogen-bond acceptors (Lipinski definition) is 2. The van der Waals surface area contributed by atoms with Crippen molar-refractivity contribution < 1.29 is 35.9 Å². The maximum atomic E-state index is 12.4. The first-order valence-electron chi connectivity index (χ1n) is 5.08. The number of alkyl halides is 7. The van der Waals surface area contributed by atoms with Gasteiger partial charge < -0.3 is 4.74 Å². The molecule has 0 heterocycles. The van der Waals surface area contributed by atoms with E-state index in [0.29, 0.717) is 0 Å². The molecular formula is C10H13ClF6O2. The predicted molar refractivity (Wildman–Crippen MR) is 55.7 cm³/mol. The van der Waals surface area contributed by atoms with Crippen LogP contribution in [0.2, 0.25) is 0 Å². The van der Waals surface area contributed by atoms with Crippen LogP contribution in [0.15, 0.2) is 0 Å². The predicted octanol–water partition coefficient (Wildman–Crippen LogP) is 4.07. The average molecular weight is 315 g/mol. The van der Waals surface area contributed by atoms with Crippen molar-refractivity contribution in [2.45, 2.75) is 51.0 Å². The van der Waals surface area contributed by atoms with Crippen LogP contribution in [0.25, 0.3) is 0 Å². The van der Waals surface area contributed by atoms with Crippen LogP contribution >= 0.6 is 11.6 Å². The molecule has 0 amide bonds. The smallest absolute Gasteiger partial charge is 0.427 e. The largest absolute Gasteiger partial charge is 0.460 e. The van der Waals surface area contributed by atoms with Crippen molar-refractivity contribution >= 4 is 17.6 Å². The summed E-state index contributed by atoms with van der Waals surface area (Å²) in [5.41, 5.74) is -0.829. The standard InChI is InChI=1S/C10H13ClF6O2/c1-5(7(2,3)4)19-6(18)8(11,9(12,13)14)10(15,16)17/h5H,1-4H3. The maximum absolute atomic E-state index is 12.4. The Morgan fingerprint density at radius 1 is 1.00 bits per heavy atom. The van der Waals surface area contributed by atoms with Crippen molar-refractivity contribution in [3.63, 3.8) is 0 Å². The van der Waals surface area contributed by atoms with E-state index < -0.39 is 34.7 Å². The Hall–Kier alpha value is -0.660. The van der Waals surface area contributed by atoms with Gasteiger partial charge >= 0.3 is 23.2 Å². The minimum atomic E-state index is -6.01. The molecule has 0 saturated carbocycles. The average Bonchev–Trinajstić information content (AvgIpc) is 2.10. The third-order valence-electron chi connectivity index (χ3n) is 2.57. The molecule has 9 heteroatoms. The zero-order chi connectivity index (χ0) is 15.9. The highest BCUT2D eigenvalue weighted by atomic mass is 35.5. The Labute approximate surface area is 111 Å². The van der Waals surface area contributed by atoms with Gasteiger partial charge in [0.15, 0.2) is 0 Å². The summed E-state index contributed by atoms with van der Waals surface area (Å²) in [6.45, 7) is 5.65. The van der Waals surface area contributed by atoms with E-state index in [1.54, 1.807) is 0 Å². The van der Waals surface area contributed by atoms with Gasteiger partial charge in [-0.15, -0.1) is 0 Å². The van der Waals surface area contributed by atoms with Crippen LogP contribution in [0.3, 0.4) is 0 Å². The Morgan fingerprint density at radius 3 is 1.53 bits per heavy atom. The molecule has 0 fully saturated rings. The van der Waals surface area contributed by atoms with Crippen LogP contribution in [0.1, 0.15) is 27.7 Å². The summed E-state index contributed by atoms with van der Waals surface area (Å²) in [5.74, 6) is -2.57. The number of hydrogen-bond donors (Lipinski definition) is 0. The lowest BCUT2D eigenvalue weighted by Gasteiger charge is -2.33. The molecule has 0 N–H and O–H groups in total. The first-order chi connectivity index (χ1) is 8.05. The van der Waals surface area contributed by atoms with Crippen molar-refractivity contribution in [1.82, 2.24) is 0 Å². The van der Waals surface area contributed by atoms with Gasteiger partial charge in [0.2, 0.25) is 0 Å². The van der Waals surface area contributed by atoms with Crippen LogP contribution in [-0.2, 0) is 9.53 Å². The van der Waals surface area contributed by atoms with Crippen LogP contribution in [0.4, 0.5) is 26.3 Å². The molecule has 19 heavy (non-hydrogen) atoms. The van der Waals surface area contributed by atoms with Gasteiger partial charge in [0, 0.05) is 0 Å². The third kappa shape index (κ3) is 3.67. The van der Waals surface area contributed by atoms with Crippen LogP contribution in [0.5, 0.6) is 0 Å². The highest BCUT2D eigenvalue weighted by molar-refractivity contribution is 6.35. The van der Waals surface area contributed by atoms with E-state index in [1.165, 1.54) is 27.7 Å². The highest BCUT2D eigenvalue weighted by Crippen LogP contribution is 2.49. The van der Waals surface area contributed by atoms with Gasteiger partial charge in [-0.2, -0.15) is 26.3 Å². The molecular weight excluding hydrogens is 302 g/mol. The second-order valence-electron chi connectivity index (χ2n) is 5.07. The molecule has 0 aliphatic heterocycles. The zero-order valence-electron chi connectivity index (χ0n) is 10.5. The van der Waals surface area contributed by atoms with Gasteiger partial charge in [0.05, 0.1) is 0 Å². The quantitative estimate of drug-likeness (QED) is 0.436. The Bertz CT molecular complexity index is 327. The van der Waals surface area contributed by atoms with E-state index in [-0.39, 0.29) is 0 Å². The monoisotopic (exact) mass is 314 g/mol. The van der Waals surface area contributed by atoms with Crippen LogP contribution in [0, 0.1) is 5.41 Å². The molecule has 2 nitrogen and oxygen atoms in total. The second kappa shape index (κ2) is 5.03. The van der Waals surface area contributed by atoms with Gasteiger partial charge in [-0.05, 0) is 12.3 Å². The lowest BCUT2D eigenvalue weighted by Crippen LogP contribution is -2.59. The fourth-order valence-corrected chi connectivity index (χ4v) is 0.855. The van der Waals surface area contributed by atoms with Gasteiger partial charge in [-0.3, -0.25) is 0 Å². The second-order valence-corrected chi connectivity index (χ2v) is 5.63. The molecule has 114 valence electrons. The number of ether oxygens (including phenoxy) is 1. The van der Waals surface area contributed by atoms with E-state index in [9.17, 15) is 31.1 Å². The van der Waals surface area contributed by atoms with E-state index in [1.807, 2.05) is 0 Å². The zero-order valence-corrected chi connectivity index (χ0v) is 11.3. The SMILES string of the molecule is CC(OC(=O)C(Cl)(C(F)(F)F)C(F)(F)F)C(C)(C)C. The summed E-state index contributed by atoms with van der Waals surface area (Å²) in [7, 11) is 0. The molecule has 0 bridgehead atoms. The van der Waals surface area contributed by atoms with Crippen molar-refractivity contribution in [1.29, 1.82) is 0 Å². The summed E-state index contributed by atoms with van der Waals surface area (Å²) in [6, 6.07) is 0. The minimum Gasteiger partial charge on any atom is -0.460 e. The normalized spacial score (nSPS) is 16.2. The molecule has 0 aliphatic carbocycles. The van der Waals surface area contributed by atoms with Gasteiger partial charge in [0.25, 0.3) is 0 Å². The fraction of sp³-hybridized carbons (Fsp3) is 0.900. The highest BCUT2D eigenvalue weighted by Gasteiger charge is 2.76. The summed E-state index contributed by atoms with van der Waals surface area (Å²) in [5, 5.41) is 0. The lowest BCUT2D eigenvalue weighted by molar-refractivity contribution is -0.270. The Kier molecular flexibility index (Phi) is 4.85. The van der Waals surface area contributed by atoms with Gasteiger partial charge in [0.1, 0.15) is 6.10 Å². The molecule has 0 aromatic carbocycles. The number of rotatable bonds is 2. The fourth-order valence-electron chi connectivity index (χ4n) is 0.811. The van der Waals surface area contributed by atoms with Crippen molar-refractivity contribution in [3.05, 3.63) is 0 Å². The lowest BCUT2D eigenvalue weighted by atomic mass is 9.90. The molecule has 0 rings (SSSR count). The topological polar surface area (TPSA) is 26.3 Å². The van der Waals surface area contributed by atoms with Crippen LogP contribution < -0.4 is 0 Å². The van der Waals surface area contributed by atoms with E-state index >= 15 is 0 Å².